The van der Waals surface area contributed by atoms with Crippen LogP contribution in [0.3, 0.4) is 0 Å². The lowest BCUT2D eigenvalue weighted by molar-refractivity contribution is 0.0962. The predicted octanol–water partition coefficient (Wildman–Crippen LogP) is 4.30. The molecular formula is C16H25BrN2O. The molecule has 0 aliphatic heterocycles. The predicted molar refractivity (Wildman–Crippen MR) is 86.0 cm³/mol. The van der Waals surface area contributed by atoms with Gasteiger partial charge in [0.15, 0.2) is 0 Å². The minimum Gasteiger partial charge on any atom is -0.474 e. The fraction of sp³-hybridized carbons (Fsp3) is 0.688. The Bertz CT molecular complexity index is 425. The van der Waals surface area contributed by atoms with Gasteiger partial charge in [-0.3, -0.25) is 0 Å². The molecule has 1 heterocycles. The largest absolute Gasteiger partial charge is 0.474 e. The summed E-state index contributed by atoms with van der Waals surface area (Å²) in [4.78, 5) is 4.48. The van der Waals surface area contributed by atoms with E-state index in [1.165, 1.54) is 19.3 Å². The van der Waals surface area contributed by atoms with Crippen molar-refractivity contribution in [3.63, 3.8) is 0 Å². The maximum atomic E-state index is 6.21. The molecule has 0 aromatic carbocycles. The van der Waals surface area contributed by atoms with Crippen LogP contribution in [-0.4, -0.2) is 17.6 Å². The highest BCUT2D eigenvalue weighted by molar-refractivity contribution is 9.10. The van der Waals surface area contributed by atoms with Crippen LogP contribution >= 0.6 is 15.9 Å². The third-order valence-electron chi connectivity index (χ3n) is 3.93. The molecule has 0 radical (unpaired) electrons. The second-order valence-electron chi connectivity index (χ2n) is 5.71. The number of ether oxygens (including phenoxy) is 1. The Balaban J connectivity index is 2.05. The summed E-state index contributed by atoms with van der Waals surface area (Å²) in [6.07, 6.45) is 8.31. The molecule has 1 fully saturated rings. The first-order valence-corrected chi connectivity index (χ1v) is 8.51. The summed E-state index contributed by atoms with van der Waals surface area (Å²) in [6.45, 7) is 6.30. The van der Waals surface area contributed by atoms with Crippen molar-refractivity contribution in [1.29, 1.82) is 0 Å². The second kappa shape index (κ2) is 7.99. The van der Waals surface area contributed by atoms with E-state index in [9.17, 15) is 0 Å². The number of aromatic nitrogens is 1. The first kappa shape index (κ1) is 15.8. The molecule has 1 N–H and O–H groups in total. The molecule has 2 unspecified atom stereocenters. The second-order valence-corrected chi connectivity index (χ2v) is 6.63. The zero-order chi connectivity index (χ0) is 14.4. The van der Waals surface area contributed by atoms with Gasteiger partial charge in [0.05, 0.1) is 0 Å². The smallest absolute Gasteiger partial charge is 0.218 e. The van der Waals surface area contributed by atoms with Crippen molar-refractivity contribution in [3.8, 4) is 5.88 Å². The number of halogens is 1. The maximum absolute atomic E-state index is 6.21. The average molecular weight is 341 g/mol. The van der Waals surface area contributed by atoms with Gasteiger partial charge in [-0.05, 0) is 60.1 Å². The van der Waals surface area contributed by atoms with Gasteiger partial charge in [-0.1, -0.05) is 20.3 Å². The van der Waals surface area contributed by atoms with E-state index >= 15 is 0 Å². The number of rotatable bonds is 6. The molecule has 0 bridgehead atoms. The van der Waals surface area contributed by atoms with Crippen LogP contribution in [0.25, 0.3) is 0 Å². The van der Waals surface area contributed by atoms with Crippen LogP contribution in [-0.2, 0) is 6.54 Å². The Morgan fingerprint density at radius 1 is 1.40 bits per heavy atom. The minimum absolute atomic E-state index is 0.322. The summed E-state index contributed by atoms with van der Waals surface area (Å²) in [5.41, 5.74) is 1.14. The Labute approximate surface area is 130 Å². The van der Waals surface area contributed by atoms with Crippen LogP contribution in [0.5, 0.6) is 5.88 Å². The standard InChI is InChI=1S/C16H25BrN2O/c1-3-8-18-10-13-9-14(17)11-19-16(13)20-15-7-5-4-6-12(15)2/h9,11-12,15,18H,3-8,10H2,1-2H3. The van der Waals surface area contributed by atoms with Crippen molar-refractivity contribution in [3.05, 3.63) is 22.3 Å². The summed E-state index contributed by atoms with van der Waals surface area (Å²) < 4.78 is 7.22. The normalized spacial score (nSPS) is 22.8. The zero-order valence-electron chi connectivity index (χ0n) is 12.5. The van der Waals surface area contributed by atoms with Crippen LogP contribution < -0.4 is 10.1 Å². The monoisotopic (exact) mass is 340 g/mol. The van der Waals surface area contributed by atoms with Gasteiger partial charge in [-0.15, -0.1) is 0 Å². The Kier molecular flexibility index (Phi) is 6.30. The number of hydrogen-bond donors (Lipinski definition) is 1. The van der Waals surface area contributed by atoms with Crippen molar-refractivity contribution in [2.24, 2.45) is 5.92 Å². The molecule has 0 spiro atoms. The van der Waals surface area contributed by atoms with Gasteiger partial charge in [0.1, 0.15) is 6.10 Å². The van der Waals surface area contributed by atoms with E-state index in [4.69, 9.17) is 4.74 Å². The van der Waals surface area contributed by atoms with E-state index in [0.717, 1.165) is 41.8 Å². The molecule has 20 heavy (non-hydrogen) atoms. The van der Waals surface area contributed by atoms with E-state index in [2.05, 4.69) is 46.1 Å². The van der Waals surface area contributed by atoms with E-state index in [-0.39, 0.29) is 0 Å². The molecule has 2 rings (SSSR count). The third kappa shape index (κ3) is 4.45. The fourth-order valence-electron chi connectivity index (χ4n) is 2.70. The Morgan fingerprint density at radius 2 is 2.20 bits per heavy atom. The first-order chi connectivity index (χ1) is 9.70. The van der Waals surface area contributed by atoms with Crippen molar-refractivity contribution in [1.82, 2.24) is 10.3 Å². The van der Waals surface area contributed by atoms with Gasteiger partial charge >= 0.3 is 0 Å². The van der Waals surface area contributed by atoms with Crippen LogP contribution in [0.4, 0.5) is 0 Å². The molecule has 0 saturated heterocycles. The first-order valence-electron chi connectivity index (χ1n) is 7.72. The quantitative estimate of drug-likeness (QED) is 0.784. The molecule has 4 heteroatoms. The van der Waals surface area contributed by atoms with Crippen LogP contribution in [0, 0.1) is 5.92 Å². The molecule has 0 amide bonds. The number of nitrogens with zero attached hydrogens (tertiary/aromatic N) is 1. The van der Waals surface area contributed by atoms with Gasteiger partial charge in [0.25, 0.3) is 0 Å². The molecule has 3 nitrogen and oxygen atoms in total. The Hall–Kier alpha value is -0.610. The summed E-state index contributed by atoms with van der Waals surface area (Å²) in [5.74, 6) is 1.43. The van der Waals surface area contributed by atoms with Gasteiger partial charge in [0.2, 0.25) is 5.88 Å². The van der Waals surface area contributed by atoms with Gasteiger partial charge in [-0.2, -0.15) is 0 Å². The van der Waals surface area contributed by atoms with Gasteiger partial charge < -0.3 is 10.1 Å². The topological polar surface area (TPSA) is 34.2 Å². The fourth-order valence-corrected chi connectivity index (χ4v) is 3.08. The third-order valence-corrected chi connectivity index (χ3v) is 4.36. The van der Waals surface area contributed by atoms with Gasteiger partial charge in [-0.25, -0.2) is 4.98 Å². The summed E-state index contributed by atoms with van der Waals surface area (Å²) in [5, 5.41) is 3.43. The highest BCUT2D eigenvalue weighted by Crippen LogP contribution is 2.29. The minimum atomic E-state index is 0.322. The van der Waals surface area contributed by atoms with Crippen LogP contribution in [0.2, 0.25) is 0 Å². The lowest BCUT2D eigenvalue weighted by atomic mass is 9.88. The summed E-state index contributed by atoms with van der Waals surface area (Å²) in [6, 6.07) is 2.11. The molecule has 2 atom stereocenters. The molecular weight excluding hydrogens is 316 g/mol. The summed E-state index contributed by atoms with van der Waals surface area (Å²) in [7, 11) is 0. The molecule has 1 aliphatic carbocycles. The molecule has 1 aliphatic rings. The molecule has 112 valence electrons. The van der Waals surface area contributed by atoms with Gasteiger partial charge in [0, 0.05) is 22.8 Å². The van der Waals surface area contributed by atoms with E-state index in [1.54, 1.807) is 0 Å². The SMILES string of the molecule is CCCNCc1cc(Br)cnc1OC1CCCCC1C. The van der Waals surface area contributed by atoms with Crippen molar-refractivity contribution in [2.75, 3.05) is 6.54 Å². The number of pyridine rings is 1. The molecule has 1 aromatic heterocycles. The van der Waals surface area contributed by atoms with E-state index in [1.807, 2.05) is 6.20 Å². The highest BCUT2D eigenvalue weighted by Gasteiger charge is 2.24. The highest BCUT2D eigenvalue weighted by atomic mass is 79.9. The van der Waals surface area contributed by atoms with Crippen molar-refractivity contribution >= 4 is 15.9 Å². The van der Waals surface area contributed by atoms with Crippen molar-refractivity contribution < 1.29 is 4.74 Å². The van der Waals surface area contributed by atoms with Crippen LogP contribution in [0.15, 0.2) is 16.7 Å². The van der Waals surface area contributed by atoms with E-state index in [0.29, 0.717) is 12.0 Å². The Morgan fingerprint density at radius 3 is 2.95 bits per heavy atom. The lowest BCUT2D eigenvalue weighted by Crippen LogP contribution is -2.29. The maximum Gasteiger partial charge on any atom is 0.218 e. The molecule has 1 saturated carbocycles. The molecule has 1 aromatic rings. The number of nitrogens with one attached hydrogen (secondary N) is 1. The lowest BCUT2D eigenvalue weighted by Gasteiger charge is -2.29. The number of hydrogen-bond acceptors (Lipinski definition) is 3. The van der Waals surface area contributed by atoms with Crippen LogP contribution in [0.1, 0.15) is 51.5 Å². The zero-order valence-corrected chi connectivity index (χ0v) is 14.1. The van der Waals surface area contributed by atoms with E-state index < -0.39 is 0 Å². The van der Waals surface area contributed by atoms with Crippen molar-refractivity contribution in [2.45, 2.75) is 58.6 Å². The summed E-state index contributed by atoms with van der Waals surface area (Å²) >= 11 is 3.50. The average Bonchev–Trinajstić information content (AvgIpc) is 2.44.